The Balaban J connectivity index is 1.34. The molecule has 148 valence electrons. The van der Waals surface area contributed by atoms with Crippen LogP contribution in [-0.2, 0) is 0 Å². The Bertz CT molecular complexity index is 1120. The van der Waals surface area contributed by atoms with E-state index < -0.39 is 0 Å². The van der Waals surface area contributed by atoms with Gasteiger partial charge in [0.05, 0.1) is 24.7 Å². The second-order valence-electron chi connectivity index (χ2n) is 7.75. The summed E-state index contributed by atoms with van der Waals surface area (Å²) in [6.07, 6.45) is 2.22. The van der Waals surface area contributed by atoms with Gasteiger partial charge in [-0.05, 0) is 48.4 Å². The van der Waals surface area contributed by atoms with E-state index in [0.29, 0.717) is 12.1 Å². The number of benzene rings is 3. The molecule has 2 heterocycles. The lowest BCUT2D eigenvalue weighted by Gasteiger charge is -2.21. The number of piperazine rings is 1. The molecule has 2 fully saturated rings. The zero-order valence-corrected chi connectivity index (χ0v) is 17.4. The Morgan fingerprint density at radius 3 is 2.37 bits per heavy atom. The lowest BCUT2D eigenvalue weighted by Crippen LogP contribution is -2.35. The number of carbonyl (C=O) groups is 1. The Morgan fingerprint density at radius 1 is 1.00 bits per heavy atom. The molecule has 5 rings (SSSR count). The van der Waals surface area contributed by atoms with Crippen LogP contribution in [0.3, 0.4) is 0 Å². The van der Waals surface area contributed by atoms with Gasteiger partial charge in [0.15, 0.2) is 6.19 Å². The van der Waals surface area contributed by atoms with Crippen LogP contribution in [0, 0.1) is 11.5 Å². The molecule has 1 amide bonds. The van der Waals surface area contributed by atoms with Gasteiger partial charge in [0.25, 0.3) is 5.91 Å². The third kappa shape index (κ3) is 3.24. The highest BCUT2D eigenvalue weighted by molar-refractivity contribution is 7.99. The van der Waals surface area contributed by atoms with E-state index in [4.69, 9.17) is 5.26 Å². The largest absolute Gasteiger partial charge is 0.324 e. The van der Waals surface area contributed by atoms with E-state index in [1.165, 1.54) is 9.79 Å². The maximum atomic E-state index is 12.9. The normalized spacial score (nSPS) is 21.8. The lowest BCUT2D eigenvalue weighted by molar-refractivity contribution is 0.0832. The first-order valence-corrected chi connectivity index (χ1v) is 10.9. The van der Waals surface area contributed by atoms with Gasteiger partial charge < -0.3 is 9.80 Å². The van der Waals surface area contributed by atoms with E-state index in [0.717, 1.165) is 11.1 Å². The summed E-state index contributed by atoms with van der Waals surface area (Å²) in [5.41, 5.74) is 2.96. The third-order valence-electron chi connectivity index (χ3n) is 6.02. The second kappa shape index (κ2) is 7.55. The minimum atomic E-state index is 0.0629. The standard InChI is InChI=1S/C25H21N3OS/c1-17-24-22(15-27(17)16-26)28(24)25(29)19-13-11-18(12-14-19)21-9-5-6-10-23(21)30-20-7-3-2-4-8-20/h2-14,17,22,24H,15H2,1H3/t17?,22?,24-,28?/m0/s1. The Kier molecular flexibility index (Phi) is 4.72. The quantitative estimate of drug-likeness (QED) is 0.453. The maximum absolute atomic E-state index is 12.9. The molecule has 0 aromatic heterocycles. The molecule has 0 saturated carbocycles. The van der Waals surface area contributed by atoms with Crippen LogP contribution >= 0.6 is 11.8 Å². The molecule has 2 saturated heterocycles. The van der Waals surface area contributed by atoms with E-state index in [1.54, 1.807) is 16.7 Å². The van der Waals surface area contributed by atoms with Gasteiger partial charge in [0, 0.05) is 15.4 Å². The van der Waals surface area contributed by atoms with Crippen LogP contribution < -0.4 is 0 Å². The molecule has 0 spiro atoms. The first kappa shape index (κ1) is 18.8. The molecular formula is C25H21N3OS. The van der Waals surface area contributed by atoms with Crippen molar-refractivity contribution < 1.29 is 4.79 Å². The van der Waals surface area contributed by atoms with Crippen LogP contribution in [0.1, 0.15) is 17.3 Å². The minimum absolute atomic E-state index is 0.0629. The zero-order chi connectivity index (χ0) is 20.7. The van der Waals surface area contributed by atoms with Crippen molar-refractivity contribution in [2.45, 2.75) is 34.8 Å². The summed E-state index contributed by atoms with van der Waals surface area (Å²) >= 11 is 1.74. The van der Waals surface area contributed by atoms with Crippen LogP contribution in [0.25, 0.3) is 11.1 Å². The monoisotopic (exact) mass is 411 g/mol. The van der Waals surface area contributed by atoms with Crippen LogP contribution in [0.4, 0.5) is 0 Å². The molecule has 5 heteroatoms. The average Bonchev–Trinajstić information content (AvgIpc) is 3.42. The number of hydrogen-bond acceptors (Lipinski definition) is 4. The number of amides is 1. The smallest absolute Gasteiger partial charge is 0.254 e. The van der Waals surface area contributed by atoms with E-state index in [1.807, 2.05) is 60.4 Å². The molecule has 30 heavy (non-hydrogen) atoms. The molecule has 2 aliphatic heterocycles. The van der Waals surface area contributed by atoms with Crippen LogP contribution in [0.15, 0.2) is 88.7 Å². The van der Waals surface area contributed by atoms with Crippen molar-refractivity contribution in [3.8, 4) is 17.3 Å². The van der Waals surface area contributed by atoms with Crippen LogP contribution in [0.2, 0.25) is 0 Å². The second-order valence-corrected chi connectivity index (χ2v) is 8.87. The SMILES string of the molecule is CC1[C@H]2C(CN1C#N)N2C(=O)c1ccc(-c2ccccc2Sc2ccccc2)cc1. The summed E-state index contributed by atoms with van der Waals surface area (Å²) in [5.74, 6) is 0.0629. The molecule has 4 nitrogen and oxygen atoms in total. The molecule has 3 atom stereocenters. The molecule has 0 N–H and O–H groups in total. The zero-order valence-electron chi connectivity index (χ0n) is 16.6. The van der Waals surface area contributed by atoms with Gasteiger partial charge in [0.1, 0.15) is 0 Å². The summed E-state index contributed by atoms with van der Waals surface area (Å²) in [4.78, 5) is 19.0. The number of likely N-dealkylation sites (tertiary alicyclic amines) is 1. The van der Waals surface area contributed by atoms with E-state index in [9.17, 15) is 4.79 Å². The molecular weight excluding hydrogens is 390 g/mol. The summed E-state index contributed by atoms with van der Waals surface area (Å²) in [6, 6.07) is 27.0. The molecule has 2 unspecified atom stereocenters. The van der Waals surface area contributed by atoms with Gasteiger partial charge in [-0.2, -0.15) is 5.26 Å². The fourth-order valence-corrected chi connectivity index (χ4v) is 5.36. The van der Waals surface area contributed by atoms with Gasteiger partial charge in [-0.25, -0.2) is 0 Å². The van der Waals surface area contributed by atoms with E-state index >= 15 is 0 Å². The predicted molar refractivity (Wildman–Crippen MR) is 118 cm³/mol. The van der Waals surface area contributed by atoms with Crippen molar-refractivity contribution in [2.24, 2.45) is 0 Å². The molecule has 0 aliphatic carbocycles. The Hall–Kier alpha value is -3.23. The number of carbonyl (C=O) groups excluding carboxylic acids is 1. The van der Waals surface area contributed by atoms with Crippen molar-refractivity contribution in [3.05, 3.63) is 84.4 Å². The first-order chi connectivity index (χ1) is 14.7. The van der Waals surface area contributed by atoms with Crippen LogP contribution in [-0.4, -0.2) is 40.4 Å². The first-order valence-electron chi connectivity index (χ1n) is 10.1. The number of hydrogen-bond donors (Lipinski definition) is 0. The van der Waals surface area contributed by atoms with Crippen molar-refractivity contribution in [2.75, 3.05) is 6.54 Å². The number of rotatable bonds is 4. The summed E-state index contributed by atoms with van der Waals surface area (Å²) in [6.45, 7) is 2.67. The van der Waals surface area contributed by atoms with Crippen molar-refractivity contribution in [3.63, 3.8) is 0 Å². The van der Waals surface area contributed by atoms with Gasteiger partial charge in [-0.1, -0.05) is 60.3 Å². The van der Waals surface area contributed by atoms with Crippen LogP contribution in [0.5, 0.6) is 0 Å². The fraction of sp³-hybridized carbons (Fsp3) is 0.200. The fourth-order valence-electron chi connectivity index (χ4n) is 4.37. The van der Waals surface area contributed by atoms with E-state index in [2.05, 4.69) is 36.5 Å². The average molecular weight is 412 g/mol. The third-order valence-corrected chi connectivity index (χ3v) is 7.10. The molecule has 3 aromatic rings. The number of nitrogens with zero attached hydrogens (tertiary/aromatic N) is 3. The minimum Gasteiger partial charge on any atom is -0.324 e. The van der Waals surface area contributed by atoms with Gasteiger partial charge in [0.2, 0.25) is 0 Å². The lowest BCUT2D eigenvalue weighted by atomic mass is 10.0. The predicted octanol–water partition coefficient (Wildman–Crippen LogP) is 4.88. The highest BCUT2D eigenvalue weighted by atomic mass is 32.2. The highest BCUT2D eigenvalue weighted by Crippen LogP contribution is 2.41. The number of fused-ring (bicyclic) bond motifs is 1. The van der Waals surface area contributed by atoms with Gasteiger partial charge in [-0.3, -0.25) is 4.79 Å². The summed E-state index contributed by atoms with van der Waals surface area (Å²) in [7, 11) is 0. The van der Waals surface area contributed by atoms with Crippen molar-refractivity contribution in [1.29, 1.82) is 5.26 Å². The van der Waals surface area contributed by atoms with Gasteiger partial charge in [-0.15, -0.1) is 0 Å². The van der Waals surface area contributed by atoms with Crippen molar-refractivity contribution in [1.82, 2.24) is 9.80 Å². The Morgan fingerprint density at radius 2 is 1.70 bits per heavy atom. The molecule has 3 aromatic carbocycles. The molecule has 2 aliphatic rings. The van der Waals surface area contributed by atoms with E-state index in [-0.39, 0.29) is 24.0 Å². The Labute approximate surface area is 180 Å². The van der Waals surface area contributed by atoms with Crippen molar-refractivity contribution >= 4 is 17.7 Å². The number of nitriles is 1. The summed E-state index contributed by atoms with van der Waals surface area (Å²) in [5, 5.41) is 9.14. The highest BCUT2D eigenvalue weighted by Gasteiger charge is 2.60. The maximum Gasteiger partial charge on any atom is 0.254 e. The molecule has 0 bridgehead atoms. The van der Waals surface area contributed by atoms with Gasteiger partial charge >= 0.3 is 0 Å². The molecule has 0 radical (unpaired) electrons. The topological polar surface area (TPSA) is 47.1 Å². The summed E-state index contributed by atoms with van der Waals surface area (Å²) < 4.78 is 0.